The fraction of sp³-hybridized carbons (Fsp3) is 0.308. The number of ether oxygens (including phenoxy) is 2. The maximum atomic E-state index is 13.6. The van der Waals surface area contributed by atoms with E-state index in [1.54, 1.807) is 35.8 Å². The minimum absolute atomic E-state index is 0.0449. The van der Waals surface area contributed by atoms with Crippen molar-refractivity contribution >= 4 is 29.4 Å². The molecular weight excluding hydrogens is 452 g/mol. The summed E-state index contributed by atoms with van der Waals surface area (Å²) in [7, 11) is 1.32. The van der Waals surface area contributed by atoms with Crippen molar-refractivity contribution in [2.24, 2.45) is 10.9 Å². The number of carbonyl (C=O) groups is 2. The molecular formula is C26H26N2O5S. The van der Waals surface area contributed by atoms with Crippen LogP contribution in [0.1, 0.15) is 48.1 Å². The summed E-state index contributed by atoms with van der Waals surface area (Å²) >= 11 is 1.33. The minimum Gasteiger partial charge on any atom is -0.465 e. The van der Waals surface area contributed by atoms with Crippen LogP contribution in [-0.4, -0.2) is 30.2 Å². The second-order valence-corrected chi connectivity index (χ2v) is 9.16. The van der Waals surface area contributed by atoms with Crippen LogP contribution < -0.4 is 14.9 Å². The molecule has 1 aromatic carbocycles. The lowest BCUT2D eigenvalue weighted by Crippen LogP contribution is -2.40. The maximum Gasteiger partial charge on any atom is 0.338 e. The zero-order valence-corrected chi connectivity index (χ0v) is 20.0. The fourth-order valence-electron chi connectivity index (χ4n) is 4.23. The SMILES string of the molecule is C=CCOC(=O)C1=C(C)N=c2sc(=CC3CC=CCC3)c(=O)n2C1c1ccc(C(=O)OC)cc1. The van der Waals surface area contributed by atoms with Gasteiger partial charge in [-0.1, -0.05) is 54.4 Å². The Kier molecular flexibility index (Phi) is 7.07. The van der Waals surface area contributed by atoms with Gasteiger partial charge in [0, 0.05) is 0 Å². The van der Waals surface area contributed by atoms with Gasteiger partial charge in [0.1, 0.15) is 6.61 Å². The van der Waals surface area contributed by atoms with Crippen molar-refractivity contribution in [3.8, 4) is 0 Å². The lowest BCUT2D eigenvalue weighted by Gasteiger charge is -2.24. The first-order valence-electron chi connectivity index (χ1n) is 11.1. The molecule has 1 aliphatic heterocycles. The predicted octanol–water partition coefficient (Wildman–Crippen LogP) is 3.06. The average Bonchev–Trinajstić information content (AvgIpc) is 3.16. The number of esters is 2. The summed E-state index contributed by atoms with van der Waals surface area (Å²) < 4.78 is 12.3. The van der Waals surface area contributed by atoms with Crippen LogP contribution in [0.3, 0.4) is 0 Å². The summed E-state index contributed by atoms with van der Waals surface area (Å²) in [6, 6.07) is 5.95. The summed E-state index contributed by atoms with van der Waals surface area (Å²) in [4.78, 5) is 43.6. The summed E-state index contributed by atoms with van der Waals surface area (Å²) in [6.45, 7) is 5.38. The van der Waals surface area contributed by atoms with E-state index in [4.69, 9.17) is 9.47 Å². The fourth-order valence-corrected chi connectivity index (χ4v) is 5.34. The van der Waals surface area contributed by atoms with Gasteiger partial charge in [0.15, 0.2) is 4.80 Å². The molecule has 0 saturated carbocycles. The Balaban J connectivity index is 1.86. The van der Waals surface area contributed by atoms with E-state index < -0.39 is 18.0 Å². The average molecular weight is 479 g/mol. The summed E-state index contributed by atoms with van der Waals surface area (Å²) in [6.07, 6.45) is 10.7. The van der Waals surface area contributed by atoms with Gasteiger partial charge in [-0.2, -0.15) is 0 Å². The minimum atomic E-state index is -0.728. The Hall–Kier alpha value is -3.52. The molecule has 2 aromatic rings. The van der Waals surface area contributed by atoms with Gasteiger partial charge in [-0.15, -0.1) is 0 Å². The zero-order valence-electron chi connectivity index (χ0n) is 19.2. The van der Waals surface area contributed by atoms with E-state index >= 15 is 0 Å². The van der Waals surface area contributed by atoms with Crippen LogP contribution in [0, 0.1) is 5.92 Å². The van der Waals surface area contributed by atoms with Crippen LogP contribution in [0.4, 0.5) is 0 Å². The van der Waals surface area contributed by atoms with Crippen LogP contribution in [0.15, 0.2) is 70.1 Å². The van der Waals surface area contributed by atoms with Gasteiger partial charge < -0.3 is 9.47 Å². The molecule has 0 fully saturated rings. The first-order valence-corrected chi connectivity index (χ1v) is 11.9. The molecule has 2 unspecified atom stereocenters. The van der Waals surface area contributed by atoms with Crippen molar-refractivity contribution in [3.63, 3.8) is 0 Å². The molecule has 2 heterocycles. The molecule has 1 aliphatic carbocycles. The van der Waals surface area contributed by atoms with E-state index in [2.05, 4.69) is 23.7 Å². The van der Waals surface area contributed by atoms with Crippen LogP contribution in [0.2, 0.25) is 0 Å². The lowest BCUT2D eigenvalue weighted by atomic mass is 9.94. The van der Waals surface area contributed by atoms with Gasteiger partial charge in [-0.05, 0) is 49.8 Å². The monoisotopic (exact) mass is 478 g/mol. The Morgan fingerprint density at radius 1 is 1.24 bits per heavy atom. The number of rotatable bonds is 6. The Morgan fingerprint density at radius 3 is 2.65 bits per heavy atom. The lowest BCUT2D eigenvalue weighted by molar-refractivity contribution is -0.138. The predicted molar refractivity (Wildman–Crippen MR) is 130 cm³/mol. The quantitative estimate of drug-likeness (QED) is 0.471. The molecule has 4 rings (SSSR count). The standard InChI is InChI=1S/C26H26N2O5S/c1-4-14-33-25(31)21-16(2)27-26-28(22(21)18-10-12-19(13-11-18)24(30)32-3)23(29)20(34-26)15-17-8-6-5-7-9-17/h4-6,10-13,15,17,22H,1,7-9,14H2,2-3H3. The normalized spacial score (nSPS) is 19.9. The molecule has 0 bridgehead atoms. The molecule has 0 amide bonds. The van der Waals surface area contributed by atoms with E-state index in [9.17, 15) is 14.4 Å². The molecule has 0 radical (unpaired) electrons. The third kappa shape index (κ3) is 4.59. The molecule has 1 aromatic heterocycles. The summed E-state index contributed by atoms with van der Waals surface area (Å²) in [5.41, 5.74) is 1.62. The Morgan fingerprint density at radius 2 is 2.00 bits per heavy atom. The van der Waals surface area contributed by atoms with E-state index in [1.165, 1.54) is 24.5 Å². The summed E-state index contributed by atoms with van der Waals surface area (Å²) in [5.74, 6) is -0.730. The second-order valence-electron chi connectivity index (χ2n) is 8.15. The molecule has 0 N–H and O–H groups in total. The third-order valence-corrected chi connectivity index (χ3v) is 6.92. The smallest absolute Gasteiger partial charge is 0.338 e. The van der Waals surface area contributed by atoms with E-state index in [0.717, 1.165) is 19.3 Å². The molecule has 2 atom stereocenters. The summed E-state index contributed by atoms with van der Waals surface area (Å²) in [5, 5.41) is 0. The molecule has 2 aliphatic rings. The maximum absolute atomic E-state index is 13.6. The number of methoxy groups -OCH3 is 1. The zero-order chi connectivity index (χ0) is 24.2. The molecule has 7 nitrogen and oxygen atoms in total. The number of thiazole rings is 1. The number of hydrogen-bond acceptors (Lipinski definition) is 7. The Bertz CT molecular complexity index is 1360. The molecule has 0 saturated heterocycles. The van der Waals surface area contributed by atoms with Gasteiger partial charge >= 0.3 is 11.9 Å². The molecule has 34 heavy (non-hydrogen) atoms. The van der Waals surface area contributed by atoms with Crippen molar-refractivity contribution in [1.29, 1.82) is 0 Å². The first kappa shape index (κ1) is 23.6. The van der Waals surface area contributed by atoms with Gasteiger partial charge in [0.25, 0.3) is 5.56 Å². The van der Waals surface area contributed by atoms with Crippen molar-refractivity contribution in [1.82, 2.24) is 4.57 Å². The Labute approximate surface area is 201 Å². The highest BCUT2D eigenvalue weighted by Crippen LogP contribution is 2.31. The number of carbonyl (C=O) groups excluding carboxylic acids is 2. The van der Waals surface area contributed by atoms with Crippen molar-refractivity contribution in [3.05, 3.63) is 91.2 Å². The van der Waals surface area contributed by atoms with Crippen LogP contribution in [0.25, 0.3) is 6.08 Å². The van der Waals surface area contributed by atoms with Gasteiger partial charge in [-0.3, -0.25) is 9.36 Å². The molecule has 176 valence electrons. The highest BCUT2D eigenvalue weighted by atomic mass is 32.1. The number of nitrogens with zero attached hydrogens (tertiary/aromatic N) is 2. The van der Waals surface area contributed by atoms with Crippen LogP contribution in [0.5, 0.6) is 0 Å². The van der Waals surface area contributed by atoms with Gasteiger partial charge in [0.05, 0.1) is 34.5 Å². The van der Waals surface area contributed by atoms with E-state index in [-0.39, 0.29) is 17.7 Å². The second kappa shape index (κ2) is 10.2. The molecule has 0 spiro atoms. The van der Waals surface area contributed by atoms with Crippen molar-refractivity contribution < 1.29 is 19.1 Å². The van der Waals surface area contributed by atoms with Crippen LogP contribution >= 0.6 is 11.3 Å². The van der Waals surface area contributed by atoms with Crippen molar-refractivity contribution in [2.75, 3.05) is 13.7 Å². The number of aromatic nitrogens is 1. The molecule has 8 heteroatoms. The largest absolute Gasteiger partial charge is 0.465 e. The van der Waals surface area contributed by atoms with Gasteiger partial charge in [-0.25, -0.2) is 14.6 Å². The van der Waals surface area contributed by atoms with Crippen molar-refractivity contribution in [2.45, 2.75) is 32.2 Å². The number of fused-ring (bicyclic) bond motifs is 1. The number of hydrogen-bond donors (Lipinski definition) is 0. The third-order valence-electron chi connectivity index (χ3n) is 5.92. The van der Waals surface area contributed by atoms with Crippen LogP contribution in [-0.2, 0) is 14.3 Å². The number of benzene rings is 1. The highest BCUT2D eigenvalue weighted by molar-refractivity contribution is 7.07. The topological polar surface area (TPSA) is 87.0 Å². The first-order chi connectivity index (χ1) is 16.4. The van der Waals surface area contributed by atoms with E-state index in [1.807, 2.05) is 6.08 Å². The van der Waals surface area contributed by atoms with E-state index in [0.29, 0.717) is 32.1 Å². The highest BCUT2D eigenvalue weighted by Gasteiger charge is 2.33. The van der Waals surface area contributed by atoms with Gasteiger partial charge in [0.2, 0.25) is 0 Å². The number of allylic oxidation sites excluding steroid dienone is 3.